The fraction of sp³-hybridized carbons (Fsp3) is 0.278. The van der Waals surface area contributed by atoms with Crippen LogP contribution in [0, 0.1) is 0 Å². The number of ether oxygens (including phenoxy) is 1. The van der Waals surface area contributed by atoms with Crippen molar-refractivity contribution >= 4 is 17.5 Å². The van der Waals surface area contributed by atoms with Gasteiger partial charge in [0.15, 0.2) is 0 Å². The molecule has 0 saturated carbocycles. The van der Waals surface area contributed by atoms with Crippen LogP contribution >= 0.6 is 0 Å². The van der Waals surface area contributed by atoms with E-state index in [1.807, 2.05) is 23.7 Å². The number of benzene rings is 1. The molecule has 2 N–H and O–H groups in total. The maximum Gasteiger partial charge on any atom is 0.277 e. The maximum absolute atomic E-state index is 12.3. The molecule has 1 aromatic heterocycles. The molecule has 0 saturated heterocycles. The molecule has 0 unspecified atom stereocenters. The highest BCUT2D eigenvalue weighted by atomic mass is 16.5. The molecule has 136 valence electrons. The van der Waals surface area contributed by atoms with Gasteiger partial charge in [-0.3, -0.25) is 19.2 Å². The van der Waals surface area contributed by atoms with Crippen molar-refractivity contribution in [3.8, 4) is 5.75 Å². The highest BCUT2D eigenvalue weighted by Gasteiger charge is 2.30. The molecule has 8 nitrogen and oxygen atoms in total. The number of para-hydroxylation sites is 2. The van der Waals surface area contributed by atoms with Crippen LogP contribution < -0.4 is 10.1 Å². The number of nitrogens with zero attached hydrogens (tertiary/aromatic N) is 3. The summed E-state index contributed by atoms with van der Waals surface area (Å²) in [5.41, 5.74) is 1.66. The summed E-state index contributed by atoms with van der Waals surface area (Å²) >= 11 is 0. The number of carbonyl (C=O) groups is 2. The Morgan fingerprint density at radius 1 is 1.23 bits per heavy atom. The summed E-state index contributed by atoms with van der Waals surface area (Å²) in [7, 11) is 0. The minimum atomic E-state index is -0.470. The molecule has 0 atom stereocenters. The van der Waals surface area contributed by atoms with Gasteiger partial charge in [0.05, 0.1) is 24.5 Å². The number of nitrogens with one attached hydrogen (secondary N) is 1. The predicted octanol–water partition coefficient (Wildman–Crippen LogP) is 1.14. The third-order valence-electron chi connectivity index (χ3n) is 3.97. The molecular formula is C18H20N4O4. The molecule has 2 heterocycles. The number of aryl methyl sites for hydroxylation is 1. The van der Waals surface area contributed by atoms with Gasteiger partial charge < -0.3 is 15.2 Å². The van der Waals surface area contributed by atoms with Gasteiger partial charge in [-0.25, -0.2) is 0 Å². The molecule has 1 aromatic carbocycles. The van der Waals surface area contributed by atoms with Crippen molar-refractivity contribution in [1.29, 1.82) is 0 Å². The summed E-state index contributed by atoms with van der Waals surface area (Å²) in [6.45, 7) is 2.77. The van der Waals surface area contributed by atoms with Gasteiger partial charge in [-0.1, -0.05) is 12.1 Å². The van der Waals surface area contributed by atoms with Crippen molar-refractivity contribution in [2.75, 3.05) is 18.5 Å². The van der Waals surface area contributed by atoms with Gasteiger partial charge in [-0.05, 0) is 25.1 Å². The van der Waals surface area contributed by atoms with Gasteiger partial charge in [0, 0.05) is 18.8 Å². The zero-order chi connectivity index (χ0) is 18.5. The molecule has 0 spiro atoms. The molecule has 3 rings (SSSR count). The minimum Gasteiger partial charge on any atom is -0.485 e. The third-order valence-corrected chi connectivity index (χ3v) is 3.97. The Hall–Kier alpha value is -3.13. The molecule has 2 amide bonds. The number of hydrogen-bond acceptors (Lipinski definition) is 6. The summed E-state index contributed by atoms with van der Waals surface area (Å²) < 4.78 is 7.71. The lowest BCUT2D eigenvalue weighted by molar-refractivity contribution is -0.137. The maximum atomic E-state index is 12.3. The first-order chi connectivity index (χ1) is 12.6. The van der Waals surface area contributed by atoms with Gasteiger partial charge in [-0.2, -0.15) is 5.10 Å². The Bertz CT molecular complexity index is 843. The number of aliphatic hydroxyl groups excluding tert-OH is 1. The Kier molecular flexibility index (Phi) is 5.33. The third kappa shape index (κ3) is 3.60. The lowest BCUT2D eigenvalue weighted by Gasteiger charge is -2.15. The second kappa shape index (κ2) is 7.83. The standard InChI is InChI=1S/C18H20N4O4/c1-2-22-13(7-8-19-22)12-26-16-6-4-3-5-14(16)20-15-11-17(24)21(9-10-23)18(15)25/h3-8,11,20,23H,2,9-10,12H2,1H3. The zero-order valence-corrected chi connectivity index (χ0v) is 14.4. The molecule has 2 aromatic rings. The van der Waals surface area contributed by atoms with E-state index in [4.69, 9.17) is 9.84 Å². The second-order valence-corrected chi connectivity index (χ2v) is 5.62. The zero-order valence-electron chi connectivity index (χ0n) is 14.4. The van der Waals surface area contributed by atoms with Gasteiger partial charge in [0.2, 0.25) is 0 Å². The smallest absolute Gasteiger partial charge is 0.277 e. The average molecular weight is 356 g/mol. The predicted molar refractivity (Wildman–Crippen MR) is 94.2 cm³/mol. The molecular weight excluding hydrogens is 336 g/mol. The topological polar surface area (TPSA) is 96.7 Å². The van der Waals surface area contributed by atoms with Crippen LogP contribution in [-0.2, 0) is 22.7 Å². The monoisotopic (exact) mass is 356 g/mol. The van der Waals surface area contributed by atoms with Crippen LogP contribution in [0.5, 0.6) is 5.75 Å². The van der Waals surface area contributed by atoms with E-state index >= 15 is 0 Å². The van der Waals surface area contributed by atoms with Crippen LogP contribution in [0.25, 0.3) is 0 Å². The van der Waals surface area contributed by atoms with Crippen molar-refractivity contribution in [2.45, 2.75) is 20.1 Å². The van der Waals surface area contributed by atoms with Crippen LogP contribution in [0.1, 0.15) is 12.6 Å². The molecule has 1 aliphatic rings. The average Bonchev–Trinajstić information content (AvgIpc) is 3.21. The second-order valence-electron chi connectivity index (χ2n) is 5.62. The number of anilines is 1. The van der Waals surface area contributed by atoms with E-state index in [1.54, 1.807) is 24.4 Å². The van der Waals surface area contributed by atoms with E-state index < -0.39 is 11.8 Å². The Morgan fingerprint density at radius 2 is 2.04 bits per heavy atom. The van der Waals surface area contributed by atoms with Gasteiger partial charge >= 0.3 is 0 Å². The van der Waals surface area contributed by atoms with E-state index in [1.165, 1.54) is 6.08 Å². The molecule has 0 bridgehead atoms. The van der Waals surface area contributed by atoms with Crippen molar-refractivity contribution < 1.29 is 19.4 Å². The van der Waals surface area contributed by atoms with Crippen LogP contribution in [0.2, 0.25) is 0 Å². The van der Waals surface area contributed by atoms with Crippen molar-refractivity contribution in [2.24, 2.45) is 0 Å². The van der Waals surface area contributed by atoms with Crippen LogP contribution in [-0.4, -0.2) is 44.8 Å². The molecule has 8 heteroatoms. The summed E-state index contributed by atoms with van der Waals surface area (Å²) in [5, 5.41) is 16.1. The number of β-amino-alcohol motifs (C(OH)–C–C–N with tert-alkyl or cyclic N) is 1. The van der Waals surface area contributed by atoms with Gasteiger partial charge in [-0.15, -0.1) is 0 Å². The summed E-state index contributed by atoms with van der Waals surface area (Å²) in [6, 6.07) is 9.06. The highest BCUT2D eigenvalue weighted by Crippen LogP contribution is 2.27. The highest BCUT2D eigenvalue weighted by molar-refractivity contribution is 6.17. The Morgan fingerprint density at radius 3 is 2.81 bits per heavy atom. The molecule has 26 heavy (non-hydrogen) atoms. The van der Waals surface area contributed by atoms with Crippen molar-refractivity contribution in [1.82, 2.24) is 14.7 Å². The number of amides is 2. The first-order valence-electron chi connectivity index (χ1n) is 8.32. The number of hydrogen-bond donors (Lipinski definition) is 2. The van der Waals surface area contributed by atoms with Crippen LogP contribution in [0.15, 0.2) is 48.3 Å². The lowest BCUT2D eigenvalue weighted by Crippen LogP contribution is -2.34. The fourth-order valence-corrected chi connectivity index (χ4v) is 2.67. The molecule has 0 radical (unpaired) electrons. The first kappa shape index (κ1) is 17.7. The van der Waals surface area contributed by atoms with E-state index in [0.29, 0.717) is 18.0 Å². The van der Waals surface area contributed by atoms with E-state index in [0.717, 1.165) is 17.1 Å². The Labute approximate surface area is 150 Å². The van der Waals surface area contributed by atoms with Crippen LogP contribution in [0.4, 0.5) is 5.69 Å². The fourth-order valence-electron chi connectivity index (χ4n) is 2.67. The largest absolute Gasteiger partial charge is 0.485 e. The SMILES string of the molecule is CCn1nccc1COc1ccccc1NC1=CC(=O)N(CCO)C1=O. The number of aromatic nitrogens is 2. The van der Waals surface area contributed by atoms with Gasteiger partial charge in [0.1, 0.15) is 18.1 Å². The van der Waals surface area contributed by atoms with E-state index in [2.05, 4.69) is 10.4 Å². The molecule has 1 aliphatic heterocycles. The quantitative estimate of drug-likeness (QED) is 0.689. The summed E-state index contributed by atoms with van der Waals surface area (Å²) in [6.07, 6.45) is 2.94. The Balaban J connectivity index is 1.73. The minimum absolute atomic E-state index is 0.0293. The summed E-state index contributed by atoms with van der Waals surface area (Å²) in [4.78, 5) is 25.1. The number of aliphatic hydroxyl groups is 1. The number of rotatable bonds is 8. The lowest BCUT2D eigenvalue weighted by atomic mass is 10.2. The van der Waals surface area contributed by atoms with E-state index in [9.17, 15) is 9.59 Å². The molecule has 0 fully saturated rings. The molecule has 0 aliphatic carbocycles. The normalized spacial score (nSPS) is 13.9. The van der Waals surface area contributed by atoms with Gasteiger partial charge in [0.25, 0.3) is 11.8 Å². The van der Waals surface area contributed by atoms with E-state index in [-0.39, 0.29) is 18.8 Å². The number of carbonyl (C=O) groups excluding carboxylic acids is 2. The summed E-state index contributed by atoms with van der Waals surface area (Å²) in [5.74, 6) is -0.363. The van der Waals surface area contributed by atoms with Crippen molar-refractivity contribution in [3.63, 3.8) is 0 Å². The first-order valence-corrected chi connectivity index (χ1v) is 8.32. The van der Waals surface area contributed by atoms with Crippen LogP contribution in [0.3, 0.4) is 0 Å². The van der Waals surface area contributed by atoms with Crippen molar-refractivity contribution in [3.05, 3.63) is 54.0 Å². The number of imide groups is 1.